The molecule has 0 aromatic rings. The molecular formula is C14H30. The topological polar surface area (TPSA) is 0 Å². The summed E-state index contributed by atoms with van der Waals surface area (Å²) in [4.78, 5) is 0. The summed E-state index contributed by atoms with van der Waals surface area (Å²) < 4.78 is 0. The van der Waals surface area contributed by atoms with E-state index in [1.165, 1.54) is 32.1 Å². The van der Waals surface area contributed by atoms with E-state index in [2.05, 4.69) is 41.5 Å². The zero-order chi connectivity index (χ0) is 11.2. The van der Waals surface area contributed by atoms with Gasteiger partial charge in [0, 0.05) is 0 Å². The summed E-state index contributed by atoms with van der Waals surface area (Å²) in [6.45, 7) is 14.2. The van der Waals surface area contributed by atoms with Crippen molar-refractivity contribution in [3.05, 3.63) is 0 Å². The number of rotatable bonds is 7. The second kappa shape index (κ2) is 6.48. The summed E-state index contributed by atoms with van der Waals surface area (Å²) >= 11 is 0. The van der Waals surface area contributed by atoms with Crippen LogP contribution in [0.4, 0.5) is 0 Å². The van der Waals surface area contributed by atoms with Crippen LogP contribution in [0, 0.1) is 17.3 Å². The van der Waals surface area contributed by atoms with Gasteiger partial charge in [-0.1, -0.05) is 67.2 Å². The second-order valence-electron chi connectivity index (χ2n) is 5.94. The first-order valence-electron chi connectivity index (χ1n) is 6.40. The van der Waals surface area contributed by atoms with Crippen molar-refractivity contribution in [3.63, 3.8) is 0 Å². The normalized spacial score (nSPS) is 14.8. The Morgan fingerprint density at radius 3 is 2.00 bits per heavy atom. The van der Waals surface area contributed by atoms with Gasteiger partial charge in [0.1, 0.15) is 0 Å². The van der Waals surface area contributed by atoms with Crippen LogP contribution < -0.4 is 0 Å². The highest BCUT2D eigenvalue weighted by atomic mass is 14.3. The van der Waals surface area contributed by atoms with Crippen LogP contribution in [0.25, 0.3) is 0 Å². The molecular weight excluding hydrogens is 168 g/mol. The SMILES string of the molecule is CCC(C)C(C)(C)CCCCC(C)C. The Morgan fingerprint density at radius 2 is 1.57 bits per heavy atom. The summed E-state index contributed by atoms with van der Waals surface area (Å²) in [5, 5.41) is 0. The molecule has 0 radical (unpaired) electrons. The third-order valence-corrected chi connectivity index (χ3v) is 3.80. The van der Waals surface area contributed by atoms with Gasteiger partial charge in [-0.3, -0.25) is 0 Å². The predicted molar refractivity (Wildman–Crippen MR) is 66.5 cm³/mol. The number of hydrogen-bond donors (Lipinski definition) is 0. The Hall–Kier alpha value is 0. The molecule has 0 spiro atoms. The lowest BCUT2D eigenvalue weighted by Crippen LogP contribution is -2.20. The minimum absolute atomic E-state index is 0.547. The third-order valence-electron chi connectivity index (χ3n) is 3.80. The van der Waals surface area contributed by atoms with Gasteiger partial charge in [-0.05, 0) is 23.7 Å². The van der Waals surface area contributed by atoms with E-state index in [0.29, 0.717) is 5.41 Å². The van der Waals surface area contributed by atoms with E-state index >= 15 is 0 Å². The lowest BCUT2D eigenvalue weighted by Gasteiger charge is -2.31. The molecule has 0 aromatic heterocycles. The largest absolute Gasteiger partial charge is 0.0651 e. The van der Waals surface area contributed by atoms with E-state index in [0.717, 1.165) is 11.8 Å². The first kappa shape index (κ1) is 14.0. The van der Waals surface area contributed by atoms with Crippen molar-refractivity contribution >= 4 is 0 Å². The van der Waals surface area contributed by atoms with Gasteiger partial charge in [-0.2, -0.15) is 0 Å². The first-order valence-corrected chi connectivity index (χ1v) is 6.40. The minimum atomic E-state index is 0.547. The van der Waals surface area contributed by atoms with Gasteiger partial charge in [0.2, 0.25) is 0 Å². The molecule has 0 fully saturated rings. The smallest absolute Gasteiger partial charge is 0.0329 e. The quantitative estimate of drug-likeness (QED) is 0.488. The zero-order valence-corrected chi connectivity index (χ0v) is 11.2. The predicted octanol–water partition coefficient (Wildman–Crippen LogP) is 5.28. The Balaban J connectivity index is 3.65. The van der Waals surface area contributed by atoms with Gasteiger partial charge >= 0.3 is 0 Å². The standard InChI is InChI=1S/C14H30/c1-7-13(4)14(5,6)11-9-8-10-12(2)3/h12-13H,7-11H2,1-6H3. The summed E-state index contributed by atoms with van der Waals surface area (Å²) in [6.07, 6.45) is 6.94. The van der Waals surface area contributed by atoms with Crippen LogP contribution in [0.15, 0.2) is 0 Å². The molecule has 86 valence electrons. The maximum atomic E-state index is 2.43. The molecule has 0 heteroatoms. The summed E-state index contributed by atoms with van der Waals surface area (Å²) in [6, 6.07) is 0. The Kier molecular flexibility index (Phi) is 6.48. The van der Waals surface area contributed by atoms with Gasteiger partial charge in [0.25, 0.3) is 0 Å². The zero-order valence-electron chi connectivity index (χ0n) is 11.2. The molecule has 0 bridgehead atoms. The molecule has 1 atom stereocenters. The van der Waals surface area contributed by atoms with Gasteiger partial charge in [0.15, 0.2) is 0 Å². The second-order valence-corrected chi connectivity index (χ2v) is 5.94. The fraction of sp³-hybridized carbons (Fsp3) is 1.00. The van der Waals surface area contributed by atoms with Gasteiger partial charge in [-0.15, -0.1) is 0 Å². The Morgan fingerprint density at radius 1 is 1.00 bits per heavy atom. The fourth-order valence-electron chi connectivity index (χ4n) is 1.93. The molecule has 0 aliphatic carbocycles. The van der Waals surface area contributed by atoms with Crippen molar-refractivity contribution in [2.45, 2.75) is 73.6 Å². The summed E-state index contributed by atoms with van der Waals surface area (Å²) in [5.41, 5.74) is 0.547. The van der Waals surface area contributed by atoms with E-state index in [-0.39, 0.29) is 0 Å². The Bertz CT molecular complexity index is 133. The molecule has 14 heavy (non-hydrogen) atoms. The number of unbranched alkanes of at least 4 members (excludes halogenated alkanes) is 1. The highest BCUT2D eigenvalue weighted by Gasteiger charge is 2.23. The van der Waals surface area contributed by atoms with Gasteiger partial charge in [0.05, 0.1) is 0 Å². The summed E-state index contributed by atoms with van der Waals surface area (Å²) in [7, 11) is 0. The lowest BCUT2D eigenvalue weighted by atomic mass is 9.75. The van der Waals surface area contributed by atoms with Crippen LogP contribution in [-0.4, -0.2) is 0 Å². The highest BCUT2D eigenvalue weighted by molar-refractivity contribution is 4.74. The molecule has 0 heterocycles. The van der Waals surface area contributed by atoms with Crippen molar-refractivity contribution in [2.24, 2.45) is 17.3 Å². The van der Waals surface area contributed by atoms with Crippen LogP contribution >= 0.6 is 0 Å². The highest BCUT2D eigenvalue weighted by Crippen LogP contribution is 2.34. The average Bonchev–Trinajstić information content (AvgIpc) is 2.10. The third kappa shape index (κ3) is 5.67. The minimum Gasteiger partial charge on any atom is -0.0651 e. The van der Waals surface area contributed by atoms with E-state index in [9.17, 15) is 0 Å². The van der Waals surface area contributed by atoms with Crippen LogP contribution in [-0.2, 0) is 0 Å². The van der Waals surface area contributed by atoms with E-state index < -0.39 is 0 Å². The van der Waals surface area contributed by atoms with Crippen molar-refractivity contribution in [3.8, 4) is 0 Å². The maximum Gasteiger partial charge on any atom is -0.0329 e. The molecule has 0 saturated carbocycles. The van der Waals surface area contributed by atoms with E-state index in [1.54, 1.807) is 0 Å². The van der Waals surface area contributed by atoms with E-state index in [4.69, 9.17) is 0 Å². The van der Waals surface area contributed by atoms with Crippen LogP contribution in [0.5, 0.6) is 0 Å². The summed E-state index contributed by atoms with van der Waals surface area (Å²) in [5.74, 6) is 1.74. The van der Waals surface area contributed by atoms with Crippen molar-refractivity contribution in [1.82, 2.24) is 0 Å². The van der Waals surface area contributed by atoms with E-state index in [1.807, 2.05) is 0 Å². The molecule has 0 saturated heterocycles. The molecule has 0 aromatic carbocycles. The Labute approximate surface area is 91.5 Å². The first-order chi connectivity index (χ1) is 6.40. The average molecular weight is 198 g/mol. The molecule has 1 unspecified atom stereocenters. The maximum absolute atomic E-state index is 2.43. The molecule has 0 aliphatic heterocycles. The van der Waals surface area contributed by atoms with Gasteiger partial charge in [-0.25, -0.2) is 0 Å². The molecule has 0 rings (SSSR count). The van der Waals surface area contributed by atoms with Crippen molar-refractivity contribution in [1.29, 1.82) is 0 Å². The molecule has 0 nitrogen and oxygen atoms in total. The van der Waals surface area contributed by atoms with Crippen molar-refractivity contribution < 1.29 is 0 Å². The van der Waals surface area contributed by atoms with Crippen LogP contribution in [0.2, 0.25) is 0 Å². The fourth-order valence-corrected chi connectivity index (χ4v) is 1.93. The lowest BCUT2D eigenvalue weighted by molar-refractivity contribution is 0.198. The van der Waals surface area contributed by atoms with Crippen LogP contribution in [0.3, 0.4) is 0 Å². The number of hydrogen-bond acceptors (Lipinski definition) is 0. The monoisotopic (exact) mass is 198 g/mol. The van der Waals surface area contributed by atoms with Crippen LogP contribution in [0.1, 0.15) is 73.6 Å². The van der Waals surface area contributed by atoms with Gasteiger partial charge < -0.3 is 0 Å². The molecule has 0 aliphatic rings. The van der Waals surface area contributed by atoms with Crippen molar-refractivity contribution in [2.75, 3.05) is 0 Å². The molecule has 0 N–H and O–H groups in total. The molecule has 0 amide bonds.